The van der Waals surface area contributed by atoms with E-state index in [0.29, 0.717) is 17.0 Å². The first-order chi connectivity index (χ1) is 13.1. The van der Waals surface area contributed by atoms with E-state index < -0.39 is 0 Å². The van der Waals surface area contributed by atoms with Crippen LogP contribution < -0.4 is 9.64 Å². The molecule has 1 aliphatic carbocycles. The average Bonchev–Trinajstić information content (AvgIpc) is 2.98. The summed E-state index contributed by atoms with van der Waals surface area (Å²) in [6, 6.07) is 15.8. The Bertz CT molecular complexity index is 836. The number of ether oxygens (including phenoxy) is 1. The molecule has 2 amide bonds. The van der Waals surface area contributed by atoms with Gasteiger partial charge in [-0.1, -0.05) is 43.2 Å². The van der Waals surface area contributed by atoms with E-state index in [4.69, 9.17) is 4.74 Å². The largest absolute Gasteiger partial charge is 0.485 e. The molecule has 1 aliphatic heterocycles. The predicted octanol–water partition coefficient (Wildman–Crippen LogP) is 3.63. The monoisotopic (exact) mass is 363 g/mol. The number of anilines is 1. The van der Waals surface area contributed by atoms with Gasteiger partial charge in [-0.25, -0.2) is 0 Å². The third-order valence-electron chi connectivity index (χ3n) is 5.40. The third-order valence-corrected chi connectivity index (χ3v) is 5.40. The van der Waals surface area contributed by atoms with Crippen LogP contribution in [0.3, 0.4) is 0 Å². The molecule has 0 N–H and O–H groups in total. The lowest BCUT2D eigenvalue weighted by Crippen LogP contribution is -2.30. The molecule has 4 rings (SSSR count). The van der Waals surface area contributed by atoms with Crippen LogP contribution in [-0.4, -0.2) is 24.2 Å². The van der Waals surface area contributed by atoms with E-state index in [-0.39, 0.29) is 36.0 Å². The zero-order chi connectivity index (χ0) is 18.8. The number of carbonyl (C=O) groups excluding carboxylic acids is 3. The zero-order valence-corrected chi connectivity index (χ0v) is 15.0. The molecule has 0 unspecified atom stereocenters. The molecule has 2 atom stereocenters. The second kappa shape index (κ2) is 7.35. The second-order valence-electron chi connectivity index (χ2n) is 7.08. The Labute approximate surface area is 157 Å². The number of hydrogen-bond acceptors (Lipinski definition) is 4. The standard InChI is InChI=1S/C22H21NO4/c24-20(15-6-2-1-3-7-15)14-27-17-12-10-16(11-13-17)23-21(25)18-8-4-5-9-19(18)22(23)26/h1-3,6-7,10-13,18-19H,4-5,8-9,14H2/t18-,19+. The Kier molecular flexibility index (Phi) is 4.75. The number of imide groups is 1. The van der Waals surface area contributed by atoms with Crippen molar-refractivity contribution >= 4 is 23.3 Å². The molecule has 0 spiro atoms. The first kappa shape index (κ1) is 17.5. The number of amides is 2. The van der Waals surface area contributed by atoms with Crippen molar-refractivity contribution in [3.63, 3.8) is 0 Å². The van der Waals surface area contributed by atoms with E-state index in [9.17, 15) is 14.4 Å². The fourth-order valence-corrected chi connectivity index (χ4v) is 3.96. The van der Waals surface area contributed by atoms with Gasteiger partial charge in [0.15, 0.2) is 12.4 Å². The highest BCUT2D eigenvalue weighted by Gasteiger charge is 2.48. The summed E-state index contributed by atoms with van der Waals surface area (Å²) in [4.78, 5) is 38.7. The molecule has 2 aliphatic rings. The van der Waals surface area contributed by atoms with Crippen molar-refractivity contribution in [3.8, 4) is 5.75 Å². The van der Waals surface area contributed by atoms with E-state index in [1.807, 2.05) is 18.2 Å². The van der Waals surface area contributed by atoms with Gasteiger partial charge in [-0.3, -0.25) is 19.3 Å². The summed E-state index contributed by atoms with van der Waals surface area (Å²) in [5.74, 6) is -0.0696. The Morgan fingerprint density at radius 1 is 0.889 bits per heavy atom. The van der Waals surface area contributed by atoms with Gasteiger partial charge in [-0.05, 0) is 37.1 Å². The van der Waals surface area contributed by atoms with Gasteiger partial charge < -0.3 is 4.74 Å². The first-order valence-electron chi connectivity index (χ1n) is 9.34. The van der Waals surface area contributed by atoms with Crippen LogP contribution in [0, 0.1) is 11.8 Å². The molecule has 2 fully saturated rings. The molecule has 2 aromatic carbocycles. The van der Waals surface area contributed by atoms with Gasteiger partial charge >= 0.3 is 0 Å². The van der Waals surface area contributed by atoms with Gasteiger partial charge in [0.1, 0.15) is 5.75 Å². The minimum Gasteiger partial charge on any atom is -0.485 e. The summed E-state index contributed by atoms with van der Waals surface area (Å²) < 4.78 is 5.55. The van der Waals surface area contributed by atoms with E-state index in [0.717, 1.165) is 25.7 Å². The van der Waals surface area contributed by atoms with E-state index in [1.54, 1.807) is 36.4 Å². The van der Waals surface area contributed by atoms with Crippen molar-refractivity contribution in [2.75, 3.05) is 11.5 Å². The molecule has 1 heterocycles. The number of fused-ring (bicyclic) bond motifs is 1. The van der Waals surface area contributed by atoms with Gasteiger partial charge in [0.25, 0.3) is 0 Å². The summed E-state index contributed by atoms with van der Waals surface area (Å²) in [7, 11) is 0. The van der Waals surface area contributed by atoms with Gasteiger partial charge in [0.2, 0.25) is 11.8 Å². The summed E-state index contributed by atoms with van der Waals surface area (Å²) in [6.45, 7) is -0.0604. The lowest BCUT2D eigenvalue weighted by molar-refractivity contribution is -0.122. The molecule has 2 aromatic rings. The van der Waals surface area contributed by atoms with Crippen LogP contribution in [0.15, 0.2) is 54.6 Å². The normalized spacial score (nSPS) is 21.9. The lowest BCUT2D eigenvalue weighted by Gasteiger charge is -2.19. The lowest BCUT2D eigenvalue weighted by atomic mass is 9.81. The van der Waals surface area contributed by atoms with E-state index in [2.05, 4.69) is 0 Å². The van der Waals surface area contributed by atoms with Crippen LogP contribution in [0.2, 0.25) is 0 Å². The molecule has 5 nitrogen and oxygen atoms in total. The molecule has 0 aromatic heterocycles. The molecule has 0 radical (unpaired) electrons. The van der Waals surface area contributed by atoms with Crippen LogP contribution in [0.4, 0.5) is 5.69 Å². The number of Topliss-reactive ketones (excluding diaryl/α,β-unsaturated/α-hetero) is 1. The van der Waals surface area contributed by atoms with Crippen molar-refractivity contribution < 1.29 is 19.1 Å². The number of nitrogens with zero attached hydrogens (tertiary/aromatic N) is 1. The highest BCUT2D eigenvalue weighted by atomic mass is 16.5. The molecule has 138 valence electrons. The average molecular weight is 363 g/mol. The van der Waals surface area contributed by atoms with Crippen LogP contribution in [0.1, 0.15) is 36.0 Å². The fraction of sp³-hybridized carbons (Fsp3) is 0.318. The highest BCUT2D eigenvalue weighted by molar-refractivity contribution is 6.22. The van der Waals surface area contributed by atoms with Crippen LogP contribution in [0.5, 0.6) is 5.75 Å². The molecule has 27 heavy (non-hydrogen) atoms. The molecule has 5 heteroatoms. The van der Waals surface area contributed by atoms with Crippen LogP contribution in [-0.2, 0) is 9.59 Å². The Hall–Kier alpha value is -2.95. The Morgan fingerprint density at radius 2 is 1.48 bits per heavy atom. The van der Waals surface area contributed by atoms with Crippen molar-refractivity contribution in [2.24, 2.45) is 11.8 Å². The number of benzene rings is 2. The van der Waals surface area contributed by atoms with E-state index >= 15 is 0 Å². The summed E-state index contributed by atoms with van der Waals surface area (Å²) in [5, 5.41) is 0. The highest BCUT2D eigenvalue weighted by Crippen LogP contribution is 2.40. The number of rotatable bonds is 5. The SMILES string of the molecule is O=C(COc1ccc(N2C(=O)[C@H]3CCCC[C@H]3C2=O)cc1)c1ccccc1. The van der Waals surface area contributed by atoms with Crippen molar-refractivity contribution in [1.29, 1.82) is 0 Å². The van der Waals surface area contributed by atoms with Gasteiger partial charge in [0.05, 0.1) is 17.5 Å². The van der Waals surface area contributed by atoms with Crippen LogP contribution >= 0.6 is 0 Å². The molecule has 1 saturated heterocycles. The molecular formula is C22H21NO4. The summed E-state index contributed by atoms with van der Waals surface area (Å²) in [5.41, 5.74) is 1.17. The summed E-state index contributed by atoms with van der Waals surface area (Å²) in [6.07, 6.45) is 3.62. The topological polar surface area (TPSA) is 63.7 Å². The summed E-state index contributed by atoms with van der Waals surface area (Å²) >= 11 is 0. The van der Waals surface area contributed by atoms with Gasteiger partial charge in [-0.2, -0.15) is 0 Å². The van der Waals surface area contributed by atoms with Crippen molar-refractivity contribution in [3.05, 3.63) is 60.2 Å². The van der Waals surface area contributed by atoms with E-state index in [1.165, 1.54) is 4.90 Å². The number of hydrogen-bond donors (Lipinski definition) is 0. The second-order valence-corrected chi connectivity index (χ2v) is 7.08. The van der Waals surface area contributed by atoms with Gasteiger partial charge in [0, 0.05) is 5.56 Å². The third kappa shape index (κ3) is 3.37. The van der Waals surface area contributed by atoms with Crippen molar-refractivity contribution in [2.45, 2.75) is 25.7 Å². The maximum absolute atomic E-state index is 12.6. The predicted molar refractivity (Wildman–Crippen MR) is 101 cm³/mol. The van der Waals surface area contributed by atoms with Gasteiger partial charge in [-0.15, -0.1) is 0 Å². The smallest absolute Gasteiger partial charge is 0.237 e. The number of carbonyl (C=O) groups is 3. The minimum absolute atomic E-state index is 0.0604. The van der Waals surface area contributed by atoms with Crippen LogP contribution in [0.25, 0.3) is 0 Å². The quantitative estimate of drug-likeness (QED) is 0.601. The molecular weight excluding hydrogens is 342 g/mol. The minimum atomic E-state index is -0.161. The first-order valence-corrected chi connectivity index (χ1v) is 9.34. The Morgan fingerprint density at radius 3 is 2.07 bits per heavy atom. The maximum atomic E-state index is 12.6. The molecule has 0 bridgehead atoms. The number of ketones is 1. The zero-order valence-electron chi connectivity index (χ0n) is 15.0. The molecule has 1 saturated carbocycles. The fourth-order valence-electron chi connectivity index (χ4n) is 3.96. The van der Waals surface area contributed by atoms with Crippen molar-refractivity contribution in [1.82, 2.24) is 0 Å². The maximum Gasteiger partial charge on any atom is 0.237 e. The Balaban J connectivity index is 1.42.